The summed E-state index contributed by atoms with van der Waals surface area (Å²) in [6.07, 6.45) is -0.363. The summed E-state index contributed by atoms with van der Waals surface area (Å²) in [7, 11) is -3.22. The van der Waals surface area contributed by atoms with Crippen molar-refractivity contribution in [1.29, 1.82) is 0 Å². The van der Waals surface area contributed by atoms with Gasteiger partial charge in [-0.05, 0) is 25.3 Å². The predicted molar refractivity (Wildman–Crippen MR) is 91.9 cm³/mol. The number of pyridine rings is 1. The predicted octanol–water partition coefficient (Wildman–Crippen LogP) is 1.83. The van der Waals surface area contributed by atoms with Gasteiger partial charge in [0.15, 0.2) is 9.84 Å². The third-order valence-electron chi connectivity index (χ3n) is 5.22. The molecule has 1 saturated carbocycles. The molecule has 27 heavy (non-hydrogen) atoms. The van der Waals surface area contributed by atoms with Gasteiger partial charge in [-0.3, -0.25) is 9.59 Å². The highest BCUT2D eigenvalue weighted by Crippen LogP contribution is 2.30. The Morgan fingerprint density at radius 1 is 1.15 bits per heavy atom. The molecule has 2 fully saturated rings. The third-order valence-corrected chi connectivity index (χ3v) is 6.97. The zero-order valence-electron chi connectivity index (χ0n) is 14.6. The zero-order valence-corrected chi connectivity index (χ0v) is 15.4. The molecule has 2 aliphatic rings. The van der Waals surface area contributed by atoms with E-state index in [1.807, 2.05) is 0 Å². The Morgan fingerprint density at radius 3 is 2.37 bits per heavy atom. The van der Waals surface area contributed by atoms with Crippen LogP contribution in [-0.2, 0) is 27.4 Å². The minimum absolute atomic E-state index is 0.00231. The summed E-state index contributed by atoms with van der Waals surface area (Å²) < 4.78 is 63.1. The average Bonchev–Trinajstić information content (AvgIpc) is 3.19. The maximum absolute atomic E-state index is 12.9. The number of carbonyl (C=O) groups excluding carboxylic acids is 1. The van der Waals surface area contributed by atoms with Crippen LogP contribution < -0.4 is 5.56 Å². The highest BCUT2D eigenvalue weighted by atomic mass is 32.2. The zero-order chi connectivity index (χ0) is 19.8. The van der Waals surface area contributed by atoms with Crippen LogP contribution in [0.15, 0.2) is 23.1 Å². The standard InChI is InChI=1S/C17H21F3N2O4S/c18-17(19,20)12-5-6-15(23)21(9-12)10-16(24)22(13-3-1-2-4-13)14-7-8-27(25,26)11-14/h5-6,9,13-14H,1-4,7-8,10-11H2. The Balaban J connectivity index is 1.86. The fraction of sp³-hybridized carbons (Fsp3) is 0.647. The largest absolute Gasteiger partial charge is 0.417 e. The molecule has 0 bridgehead atoms. The van der Waals surface area contributed by atoms with E-state index in [0.717, 1.165) is 36.3 Å². The first-order chi connectivity index (χ1) is 12.6. The van der Waals surface area contributed by atoms with E-state index in [1.54, 1.807) is 0 Å². The van der Waals surface area contributed by atoms with Gasteiger partial charge < -0.3 is 9.47 Å². The third kappa shape index (κ3) is 4.53. The van der Waals surface area contributed by atoms with E-state index in [1.165, 1.54) is 4.90 Å². The van der Waals surface area contributed by atoms with E-state index in [9.17, 15) is 31.2 Å². The maximum atomic E-state index is 12.9. The monoisotopic (exact) mass is 406 g/mol. The van der Waals surface area contributed by atoms with E-state index in [-0.39, 0.29) is 17.5 Å². The molecular weight excluding hydrogens is 385 g/mol. The first kappa shape index (κ1) is 19.9. The van der Waals surface area contributed by atoms with E-state index >= 15 is 0 Å². The summed E-state index contributed by atoms with van der Waals surface area (Å²) in [5, 5.41) is 0. The number of nitrogens with zero attached hydrogens (tertiary/aromatic N) is 2. The molecule has 1 amide bonds. The number of carbonyl (C=O) groups is 1. The number of hydrogen-bond acceptors (Lipinski definition) is 4. The molecule has 1 unspecified atom stereocenters. The lowest BCUT2D eigenvalue weighted by Crippen LogP contribution is -2.49. The van der Waals surface area contributed by atoms with E-state index in [0.29, 0.717) is 18.7 Å². The summed E-state index contributed by atoms with van der Waals surface area (Å²) >= 11 is 0. The molecule has 0 N–H and O–H groups in total. The van der Waals surface area contributed by atoms with Crippen molar-refractivity contribution in [3.8, 4) is 0 Å². The molecule has 1 aromatic rings. The number of rotatable bonds is 4. The fourth-order valence-electron chi connectivity index (χ4n) is 3.93. The lowest BCUT2D eigenvalue weighted by Gasteiger charge is -2.34. The Kier molecular flexibility index (Phi) is 5.38. The van der Waals surface area contributed by atoms with Gasteiger partial charge in [0, 0.05) is 24.3 Å². The number of halogens is 3. The fourth-order valence-corrected chi connectivity index (χ4v) is 5.64. The lowest BCUT2D eigenvalue weighted by atomic mass is 10.1. The van der Waals surface area contributed by atoms with Gasteiger partial charge >= 0.3 is 6.18 Å². The second-order valence-corrected chi connectivity index (χ2v) is 9.41. The van der Waals surface area contributed by atoms with Gasteiger partial charge in [0.25, 0.3) is 5.56 Å². The molecule has 6 nitrogen and oxygen atoms in total. The second-order valence-electron chi connectivity index (χ2n) is 7.18. The van der Waals surface area contributed by atoms with Crippen LogP contribution in [-0.4, -0.2) is 47.4 Å². The van der Waals surface area contributed by atoms with Crippen molar-refractivity contribution in [2.24, 2.45) is 0 Å². The molecule has 1 atom stereocenters. The molecule has 10 heteroatoms. The van der Waals surface area contributed by atoms with Gasteiger partial charge in [0.1, 0.15) is 6.54 Å². The summed E-state index contributed by atoms with van der Waals surface area (Å²) in [5.74, 6) is -0.643. The molecule has 1 aliphatic carbocycles. The molecule has 0 aromatic carbocycles. The maximum Gasteiger partial charge on any atom is 0.417 e. The van der Waals surface area contributed by atoms with Crippen LogP contribution in [0, 0.1) is 0 Å². The van der Waals surface area contributed by atoms with Crippen molar-refractivity contribution in [2.75, 3.05) is 11.5 Å². The van der Waals surface area contributed by atoms with Crippen LogP contribution in [0.1, 0.15) is 37.7 Å². The molecule has 150 valence electrons. The normalized spacial score (nSPS) is 22.9. The van der Waals surface area contributed by atoms with Crippen LogP contribution in [0.2, 0.25) is 0 Å². The van der Waals surface area contributed by atoms with Crippen molar-refractivity contribution in [3.63, 3.8) is 0 Å². The van der Waals surface area contributed by atoms with Crippen molar-refractivity contribution >= 4 is 15.7 Å². The van der Waals surface area contributed by atoms with Crippen LogP contribution in [0.5, 0.6) is 0 Å². The van der Waals surface area contributed by atoms with Gasteiger partial charge in [0.05, 0.1) is 17.1 Å². The summed E-state index contributed by atoms with van der Waals surface area (Å²) in [6, 6.07) is 0.863. The van der Waals surface area contributed by atoms with Crippen LogP contribution in [0.25, 0.3) is 0 Å². The van der Waals surface area contributed by atoms with Gasteiger partial charge in [-0.15, -0.1) is 0 Å². The van der Waals surface area contributed by atoms with Gasteiger partial charge in [-0.25, -0.2) is 8.42 Å². The highest BCUT2D eigenvalue weighted by molar-refractivity contribution is 7.91. The van der Waals surface area contributed by atoms with Crippen LogP contribution in [0.4, 0.5) is 13.2 Å². The van der Waals surface area contributed by atoms with Gasteiger partial charge in [0.2, 0.25) is 5.91 Å². The van der Waals surface area contributed by atoms with E-state index < -0.39 is 45.6 Å². The first-order valence-electron chi connectivity index (χ1n) is 8.86. The number of alkyl halides is 3. The molecular formula is C17H21F3N2O4S. The molecule has 1 saturated heterocycles. The van der Waals surface area contributed by atoms with Crippen molar-refractivity contribution in [3.05, 3.63) is 34.2 Å². The molecule has 3 rings (SSSR count). The van der Waals surface area contributed by atoms with Crippen molar-refractivity contribution in [1.82, 2.24) is 9.47 Å². The van der Waals surface area contributed by atoms with E-state index in [2.05, 4.69) is 0 Å². The Bertz CT molecular complexity index is 873. The number of sulfone groups is 1. The average molecular weight is 406 g/mol. The lowest BCUT2D eigenvalue weighted by molar-refractivity contribution is -0.139. The molecule has 2 heterocycles. The molecule has 0 radical (unpaired) electrons. The van der Waals surface area contributed by atoms with Crippen molar-refractivity contribution < 1.29 is 26.4 Å². The molecule has 1 aliphatic heterocycles. The summed E-state index contributed by atoms with van der Waals surface area (Å²) in [4.78, 5) is 26.4. The smallest absolute Gasteiger partial charge is 0.334 e. The van der Waals surface area contributed by atoms with E-state index in [4.69, 9.17) is 0 Å². The second kappa shape index (κ2) is 7.29. The van der Waals surface area contributed by atoms with Gasteiger partial charge in [-0.1, -0.05) is 12.8 Å². The SMILES string of the molecule is O=C(Cn1cc(C(F)(F)F)ccc1=O)N(C1CCCC1)C1CCS(=O)(=O)C1. The Morgan fingerprint density at radius 2 is 1.81 bits per heavy atom. The summed E-state index contributed by atoms with van der Waals surface area (Å²) in [6.45, 7) is -0.532. The van der Waals surface area contributed by atoms with Gasteiger partial charge in [-0.2, -0.15) is 13.2 Å². The Hall–Kier alpha value is -1.84. The first-order valence-corrected chi connectivity index (χ1v) is 10.7. The highest BCUT2D eigenvalue weighted by Gasteiger charge is 2.39. The quantitative estimate of drug-likeness (QED) is 0.765. The van der Waals surface area contributed by atoms with Crippen LogP contribution >= 0.6 is 0 Å². The minimum Gasteiger partial charge on any atom is -0.334 e. The molecule has 0 spiro atoms. The van der Waals surface area contributed by atoms with Crippen molar-refractivity contribution in [2.45, 2.75) is 56.9 Å². The summed E-state index contributed by atoms with van der Waals surface area (Å²) in [5.41, 5.74) is -1.72. The number of hydrogen-bond donors (Lipinski definition) is 0. The topological polar surface area (TPSA) is 76.5 Å². The number of amides is 1. The minimum atomic E-state index is -4.62. The Labute approximate surface area is 154 Å². The van der Waals surface area contributed by atoms with Crippen LogP contribution in [0.3, 0.4) is 0 Å². The molecule has 1 aromatic heterocycles. The number of aromatic nitrogens is 1.